The van der Waals surface area contributed by atoms with Crippen LogP contribution in [0.1, 0.15) is 26.4 Å². The molecule has 0 aliphatic carbocycles. The molecule has 0 saturated carbocycles. The molecule has 1 aromatic carbocycles. The van der Waals surface area contributed by atoms with Gasteiger partial charge in [-0.05, 0) is 19.1 Å². The van der Waals surface area contributed by atoms with Crippen molar-refractivity contribution in [3.63, 3.8) is 0 Å². The third kappa shape index (κ3) is 2.62. The Labute approximate surface area is 110 Å². The number of imide groups is 1. The number of hydrogen-bond donors (Lipinski definition) is 2. The lowest BCUT2D eigenvalue weighted by molar-refractivity contribution is 0.0849. The first kappa shape index (κ1) is 12.8. The Morgan fingerprint density at radius 2 is 1.84 bits per heavy atom. The molecule has 3 N–H and O–H groups in total. The number of rotatable bonds is 2. The van der Waals surface area contributed by atoms with Crippen molar-refractivity contribution < 1.29 is 9.59 Å². The molecule has 0 saturated heterocycles. The van der Waals surface area contributed by atoms with Crippen molar-refractivity contribution in [2.24, 2.45) is 7.05 Å². The Balaban J connectivity index is 2.18. The number of nitrogens with two attached hydrogens (primary N) is 1. The lowest BCUT2D eigenvalue weighted by Crippen LogP contribution is -2.31. The second-order valence-electron chi connectivity index (χ2n) is 4.17. The van der Waals surface area contributed by atoms with Crippen LogP contribution in [-0.4, -0.2) is 21.6 Å². The minimum atomic E-state index is -0.522. The molecule has 6 heteroatoms. The van der Waals surface area contributed by atoms with Gasteiger partial charge in [-0.15, -0.1) is 0 Å². The molecule has 1 heterocycles. The molecule has 0 bridgehead atoms. The van der Waals surface area contributed by atoms with E-state index in [-0.39, 0.29) is 5.56 Å². The largest absolute Gasteiger partial charge is 0.398 e. The van der Waals surface area contributed by atoms with Crippen LogP contribution in [-0.2, 0) is 7.05 Å². The summed E-state index contributed by atoms with van der Waals surface area (Å²) in [7, 11) is 1.71. The van der Waals surface area contributed by atoms with Crippen LogP contribution >= 0.6 is 0 Å². The summed E-state index contributed by atoms with van der Waals surface area (Å²) >= 11 is 0. The molecule has 0 aliphatic rings. The van der Waals surface area contributed by atoms with Crippen molar-refractivity contribution in [1.82, 2.24) is 15.1 Å². The maximum absolute atomic E-state index is 11.9. The van der Waals surface area contributed by atoms with Crippen LogP contribution in [0.25, 0.3) is 0 Å². The van der Waals surface area contributed by atoms with Crippen LogP contribution < -0.4 is 11.1 Å². The number of nitrogens with one attached hydrogen (secondary N) is 1. The number of carbonyl (C=O) groups excluding carboxylic acids is 2. The van der Waals surface area contributed by atoms with E-state index in [0.717, 1.165) is 0 Å². The fourth-order valence-corrected chi connectivity index (χ4v) is 1.76. The van der Waals surface area contributed by atoms with Crippen molar-refractivity contribution in [3.05, 3.63) is 47.3 Å². The van der Waals surface area contributed by atoms with Crippen LogP contribution in [0.3, 0.4) is 0 Å². The highest BCUT2D eigenvalue weighted by molar-refractivity contribution is 6.12. The first-order valence-corrected chi connectivity index (χ1v) is 5.69. The van der Waals surface area contributed by atoms with Gasteiger partial charge >= 0.3 is 0 Å². The lowest BCUT2D eigenvalue weighted by atomic mass is 10.1. The number of nitrogens with zero attached hydrogens (tertiary/aromatic N) is 2. The molecule has 0 fully saturated rings. The van der Waals surface area contributed by atoms with Gasteiger partial charge in [0.15, 0.2) is 0 Å². The zero-order chi connectivity index (χ0) is 14.0. The first-order valence-electron chi connectivity index (χ1n) is 5.69. The molecule has 0 spiro atoms. The van der Waals surface area contributed by atoms with E-state index in [9.17, 15) is 9.59 Å². The Bertz CT molecular complexity index is 646. The SMILES string of the molecule is Cc1nn(C)cc1C(=O)NC(=O)c1ccccc1N. The van der Waals surface area contributed by atoms with E-state index >= 15 is 0 Å². The lowest BCUT2D eigenvalue weighted by Gasteiger charge is -2.05. The van der Waals surface area contributed by atoms with Gasteiger partial charge in [0.25, 0.3) is 11.8 Å². The van der Waals surface area contributed by atoms with Gasteiger partial charge in [0.2, 0.25) is 0 Å². The fourth-order valence-electron chi connectivity index (χ4n) is 1.76. The highest BCUT2D eigenvalue weighted by Gasteiger charge is 2.17. The summed E-state index contributed by atoms with van der Waals surface area (Å²) in [6.45, 7) is 1.70. The number of aromatic nitrogens is 2. The monoisotopic (exact) mass is 258 g/mol. The van der Waals surface area contributed by atoms with E-state index in [1.54, 1.807) is 44.4 Å². The number of anilines is 1. The zero-order valence-electron chi connectivity index (χ0n) is 10.7. The summed E-state index contributed by atoms with van der Waals surface area (Å²) in [5.74, 6) is -1.01. The predicted octanol–water partition coefficient (Wildman–Crippen LogP) is 0.881. The van der Waals surface area contributed by atoms with Gasteiger partial charge in [0.05, 0.1) is 16.8 Å². The van der Waals surface area contributed by atoms with Gasteiger partial charge in [-0.3, -0.25) is 19.6 Å². The summed E-state index contributed by atoms with van der Waals surface area (Å²) < 4.78 is 1.52. The molecule has 19 heavy (non-hydrogen) atoms. The minimum absolute atomic E-state index is 0.275. The molecule has 6 nitrogen and oxygen atoms in total. The number of carbonyl (C=O) groups is 2. The standard InChI is InChI=1S/C13H14N4O2/c1-8-10(7-17(2)16-8)13(19)15-12(18)9-5-3-4-6-11(9)14/h3-7H,14H2,1-2H3,(H,15,18,19). The van der Waals surface area contributed by atoms with E-state index in [1.165, 1.54) is 4.68 Å². The van der Waals surface area contributed by atoms with Gasteiger partial charge in [0, 0.05) is 18.9 Å². The predicted molar refractivity (Wildman–Crippen MR) is 70.6 cm³/mol. The molecule has 2 rings (SSSR count). The molecule has 0 unspecified atom stereocenters. The van der Waals surface area contributed by atoms with Gasteiger partial charge in [-0.1, -0.05) is 12.1 Å². The number of nitrogen functional groups attached to an aromatic ring is 1. The van der Waals surface area contributed by atoms with Crippen LogP contribution in [0.15, 0.2) is 30.5 Å². The number of benzene rings is 1. The molecular weight excluding hydrogens is 244 g/mol. The average Bonchev–Trinajstić information content (AvgIpc) is 2.69. The summed E-state index contributed by atoms with van der Waals surface area (Å²) in [6, 6.07) is 6.58. The van der Waals surface area contributed by atoms with Gasteiger partial charge in [0.1, 0.15) is 0 Å². The Hall–Kier alpha value is -2.63. The maximum atomic E-state index is 11.9. The van der Waals surface area contributed by atoms with E-state index in [4.69, 9.17) is 5.73 Å². The van der Waals surface area contributed by atoms with Crippen molar-refractivity contribution in [2.75, 3.05) is 5.73 Å². The highest BCUT2D eigenvalue weighted by Crippen LogP contribution is 2.11. The molecule has 2 amide bonds. The maximum Gasteiger partial charge on any atom is 0.261 e. The van der Waals surface area contributed by atoms with Crippen LogP contribution in [0.4, 0.5) is 5.69 Å². The van der Waals surface area contributed by atoms with Crippen LogP contribution in [0.5, 0.6) is 0 Å². The van der Waals surface area contributed by atoms with Gasteiger partial charge in [-0.2, -0.15) is 5.10 Å². The highest BCUT2D eigenvalue weighted by atomic mass is 16.2. The summed E-state index contributed by atoms with van der Waals surface area (Å²) in [5, 5.41) is 6.35. The number of para-hydroxylation sites is 1. The van der Waals surface area contributed by atoms with Crippen LogP contribution in [0.2, 0.25) is 0 Å². The summed E-state index contributed by atoms with van der Waals surface area (Å²) in [6.07, 6.45) is 1.56. The molecule has 0 atom stereocenters. The van der Waals surface area contributed by atoms with Crippen molar-refractivity contribution in [3.8, 4) is 0 Å². The fraction of sp³-hybridized carbons (Fsp3) is 0.154. The number of hydrogen-bond acceptors (Lipinski definition) is 4. The second kappa shape index (κ2) is 4.93. The van der Waals surface area contributed by atoms with E-state index in [0.29, 0.717) is 16.9 Å². The Morgan fingerprint density at radius 1 is 1.21 bits per heavy atom. The second-order valence-corrected chi connectivity index (χ2v) is 4.17. The number of amides is 2. The summed E-state index contributed by atoms with van der Waals surface area (Å²) in [5.41, 5.74) is 7.22. The molecule has 0 radical (unpaired) electrons. The Kier molecular flexibility index (Phi) is 3.33. The quantitative estimate of drug-likeness (QED) is 0.618. The molecule has 0 aliphatic heterocycles. The zero-order valence-corrected chi connectivity index (χ0v) is 10.7. The average molecular weight is 258 g/mol. The van der Waals surface area contributed by atoms with Gasteiger partial charge < -0.3 is 5.73 Å². The van der Waals surface area contributed by atoms with E-state index in [1.807, 2.05) is 0 Å². The minimum Gasteiger partial charge on any atom is -0.398 e. The summed E-state index contributed by atoms with van der Waals surface area (Å²) in [4.78, 5) is 23.9. The molecule has 98 valence electrons. The molecule has 1 aromatic heterocycles. The normalized spacial score (nSPS) is 10.2. The van der Waals surface area contributed by atoms with Crippen LogP contribution in [0, 0.1) is 6.92 Å². The smallest absolute Gasteiger partial charge is 0.261 e. The van der Waals surface area contributed by atoms with Crippen molar-refractivity contribution in [1.29, 1.82) is 0 Å². The molecule has 2 aromatic rings. The third-order valence-corrected chi connectivity index (χ3v) is 2.69. The molecular formula is C13H14N4O2. The van der Waals surface area contributed by atoms with Crippen molar-refractivity contribution in [2.45, 2.75) is 6.92 Å². The van der Waals surface area contributed by atoms with Crippen molar-refractivity contribution >= 4 is 17.5 Å². The van der Waals surface area contributed by atoms with E-state index < -0.39 is 11.8 Å². The van der Waals surface area contributed by atoms with E-state index in [2.05, 4.69) is 10.4 Å². The van der Waals surface area contributed by atoms with Gasteiger partial charge in [-0.25, -0.2) is 0 Å². The third-order valence-electron chi connectivity index (χ3n) is 2.69. The Morgan fingerprint density at radius 3 is 2.42 bits per heavy atom. The topological polar surface area (TPSA) is 90.0 Å². The first-order chi connectivity index (χ1) is 8.99. The number of aryl methyl sites for hydroxylation is 2.